The standard InChI is InChI=1S/C12H15N5O3S3/c1-17(2)8-3-4-9(10(18)7-8)13-14-11-15-16-12(22-11)23(19,20)6-5-21/h3-4,7,18,21H,5-6H2,1-2H3/b14-13+. The molecule has 0 atom stereocenters. The predicted octanol–water partition coefficient (Wildman–Crippen LogP) is 2.43. The summed E-state index contributed by atoms with van der Waals surface area (Å²) in [5, 5.41) is 25.0. The van der Waals surface area contributed by atoms with Crippen LogP contribution in [0.4, 0.5) is 16.5 Å². The maximum atomic E-state index is 11.8. The smallest absolute Gasteiger partial charge is 0.252 e. The fourth-order valence-electron chi connectivity index (χ4n) is 1.55. The van der Waals surface area contributed by atoms with Gasteiger partial charge in [0.2, 0.25) is 14.2 Å². The molecule has 0 saturated heterocycles. The quantitative estimate of drug-likeness (QED) is 0.595. The summed E-state index contributed by atoms with van der Waals surface area (Å²) < 4.78 is 23.5. The van der Waals surface area contributed by atoms with Crippen LogP contribution >= 0.6 is 24.0 Å². The number of aromatic hydroxyl groups is 1. The van der Waals surface area contributed by atoms with Gasteiger partial charge >= 0.3 is 0 Å². The number of benzene rings is 1. The summed E-state index contributed by atoms with van der Waals surface area (Å²) in [4.78, 5) is 1.84. The maximum Gasteiger partial charge on any atom is 0.252 e. The Bertz CT molecular complexity index is 817. The highest BCUT2D eigenvalue weighted by Crippen LogP contribution is 2.32. The van der Waals surface area contributed by atoms with Crippen molar-refractivity contribution < 1.29 is 13.5 Å². The van der Waals surface area contributed by atoms with Gasteiger partial charge in [-0.2, -0.15) is 12.6 Å². The summed E-state index contributed by atoms with van der Waals surface area (Å²) in [6.07, 6.45) is 0. The molecule has 2 rings (SSSR count). The highest BCUT2D eigenvalue weighted by atomic mass is 32.2. The van der Waals surface area contributed by atoms with Gasteiger partial charge in [0.15, 0.2) is 0 Å². The zero-order chi connectivity index (χ0) is 17.0. The average Bonchev–Trinajstić information content (AvgIpc) is 2.95. The van der Waals surface area contributed by atoms with Gasteiger partial charge in [-0.15, -0.1) is 20.4 Å². The number of sulfone groups is 1. The van der Waals surface area contributed by atoms with E-state index < -0.39 is 9.84 Å². The van der Waals surface area contributed by atoms with E-state index in [1.807, 2.05) is 19.0 Å². The Morgan fingerprint density at radius 2 is 2.04 bits per heavy atom. The Hall–Kier alpha value is -1.72. The first-order chi connectivity index (χ1) is 10.8. The second kappa shape index (κ2) is 7.23. The average molecular weight is 373 g/mol. The number of anilines is 1. The summed E-state index contributed by atoms with van der Waals surface area (Å²) in [6.45, 7) is 0. The number of phenols is 1. The molecule has 0 aliphatic heterocycles. The number of thiol groups is 1. The number of hydrogen-bond donors (Lipinski definition) is 2. The molecule has 0 radical (unpaired) electrons. The zero-order valence-electron chi connectivity index (χ0n) is 12.4. The SMILES string of the molecule is CN(C)c1ccc(/N=N/c2nnc(S(=O)(=O)CCS)s2)c(O)c1. The molecule has 0 amide bonds. The third-order valence-electron chi connectivity index (χ3n) is 2.74. The van der Waals surface area contributed by atoms with E-state index in [-0.39, 0.29) is 32.4 Å². The zero-order valence-corrected chi connectivity index (χ0v) is 14.9. The van der Waals surface area contributed by atoms with E-state index >= 15 is 0 Å². The minimum absolute atomic E-state index is 0.0348. The Morgan fingerprint density at radius 1 is 1.30 bits per heavy atom. The van der Waals surface area contributed by atoms with Crippen LogP contribution in [0.1, 0.15) is 0 Å². The van der Waals surface area contributed by atoms with Gasteiger partial charge in [0.1, 0.15) is 11.4 Å². The van der Waals surface area contributed by atoms with Crippen molar-refractivity contribution in [3.05, 3.63) is 18.2 Å². The minimum atomic E-state index is -3.48. The van der Waals surface area contributed by atoms with Crippen molar-refractivity contribution >= 4 is 50.3 Å². The van der Waals surface area contributed by atoms with Crippen LogP contribution in [0.2, 0.25) is 0 Å². The Labute approximate surface area is 143 Å². The molecule has 2 aromatic rings. The first kappa shape index (κ1) is 17.6. The van der Waals surface area contributed by atoms with E-state index in [2.05, 4.69) is 33.1 Å². The molecule has 1 aromatic carbocycles. The van der Waals surface area contributed by atoms with E-state index in [4.69, 9.17) is 0 Å². The second-order valence-corrected chi connectivity index (χ2v) is 8.35. The van der Waals surface area contributed by atoms with Crippen molar-refractivity contribution in [2.75, 3.05) is 30.5 Å². The molecule has 0 spiro atoms. The molecule has 1 heterocycles. The van der Waals surface area contributed by atoms with Crippen molar-refractivity contribution in [2.45, 2.75) is 4.34 Å². The van der Waals surface area contributed by atoms with Gasteiger partial charge in [0, 0.05) is 31.6 Å². The van der Waals surface area contributed by atoms with Gasteiger partial charge in [-0.1, -0.05) is 11.3 Å². The van der Waals surface area contributed by atoms with Crippen molar-refractivity contribution in [3.63, 3.8) is 0 Å². The number of rotatable bonds is 6. The largest absolute Gasteiger partial charge is 0.506 e. The lowest BCUT2D eigenvalue weighted by Gasteiger charge is -2.12. The van der Waals surface area contributed by atoms with Gasteiger partial charge < -0.3 is 10.0 Å². The van der Waals surface area contributed by atoms with E-state index in [0.717, 1.165) is 17.0 Å². The van der Waals surface area contributed by atoms with Gasteiger partial charge in [0.05, 0.1) is 5.75 Å². The Balaban J connectivity index is 2.20. The van der Waals surface area contributed by atoms with Gasteiger partial charge in [-0.05, 0) is 12.1 Å². The van der Waals surface area contributed by atoms with Crippen molar-refractivity contribution in [3.8, 4) is 5.75 Å². The summed E-state index contributed by atoms with van der Waals surface area (Å²) in [5.74, 6) is 0.0480. The van der Waals surface area contributed by atoms with Crippen LogP contribution in [0.5, 0.6) is 5.75 Å². The van der Waals surface area contributed by atoms with Crippen LogP contribution in [0, 0.1) is 0 Å². The Morgan fingerprint density at radius 3 is 2.65 bits per heavy atom. The van der Waals surface area contributed by atoms with Crippen molar-refractivity contribution in [1.82, 2.24) is 10.2 Å². The molecule has 0 fully saturated rings. The van der Waals surface area contributed by atoms with E-state index in [9.17, 15) is 13.5 Å². The fourth-order valence-corrected chi connectivity index (χ4v) is 4.23. The van der Waals surface area contributed by atoms with Crippen molar-refractivity contribution in [2.24, 2.45) is 10.2 Å². The lowest BCUT2D eigenvalue weighted by Crippen LogP contribution is -2.07. The van der Waals surface area contributed by atoms with Crippen LogP contribution < -0.4 is 4.90 Å². The molecule has 1 N–H and O–H groups in total. The van der Waals surface area contributed by atoms with E-state index in [1.54, 1.807) is 18.2 Å². The molecule has 0 unspecified atom stereocenters. The van der Waals surface area contributed by atoms with Crippen LogP contribution in [0.15, 0.2) is 32.8 Å². The predicted molar refractivity (Wildman–Crippen MR) is 92.4 cm³/mol. The first-order valence-electron chi connectivity index (χ1n) is 6.42. The van der Waals surface area contributed by atoms with Crippen LogP contribution in [0.3, 0.4) is 0 Å². The summed E-state index contributed by atoms with van der Waals surface area (Å²) in [6, 6.07) is 4.93. The first-order valence-corrected chi connectivity index (χ1v) is 9.53. The normalized spacial score (nSPS) is 12.0. The molecule has 0 aliphatic carbocycles. The Kier molecular flexibility index (Phi) is 5.55. The van der Waals surface area contributed by atoms with Gasteiger partial charge in [0.25, 0.3) is 5.13 Å². The summed E-state index contributed by atoms with van der Waals surface area (Å²) in [5.41, 5.74) is 1.07. The minimum Gasteiger partial charge on any atom is -0.506 e. The molecule has 0 aliphatic rings. The number of azo groups is 1. The molecular formula is C12H15N5O3S3. The number of nitrogens with zero attached hydrogens (tertiary/aromatic N) is 5. The maximum absolute atomic E-state index is 11.8. The van der Waals surface area contributed by atoms with Crippen LogP contribution in [0.25, 0.3) is 0 Å². The third-order valence-corrected chi connectivity index (χ3v) is 6.24. The number of aromatic nitrogens is 2. The lowest BCUT2D eigenvalue weighted by atomic mass is 10.2. The molecule has 23 heavy (non-hydrogen) atoms. The highest BCUT2D eigenvalue weighted by Gasteiger charge is 2.19. The van der Waals surface area contributed by atoms with Crippen LogP contribution in [-0.2, 0) is 9.84 Å². The van der Waals surface area contributed by atoms with E-state index in [1.165, 1.54) is 0 Å². The third kappa shape index (κ3) is 4.39. The van der Waals surface area contributed by atoms with Gasteiger partial charge in [-0.25, -0.2) is 8.42 Å². The topological polar surface area (TPSA) is 108 Å². The molecule has 124 valence electrons. The number of hydrogen-bond acceptors (Lipinski definition) is 10. The fraction of sp³-hybridized carbons (Fsp3) is 0.333. The number of phenolic OH excluding ortho intramolecular Hbond substituents is 1. The highest BCUT2D eigenvalue weighted by molar-refractivity contribution is 7.94. The van der Waals surface area contributed by atoms with Crippen molar-refractivity contribution in [1.29, 1.82) is 0 Å². The molecule has 1 aromatic heterocycles. The molecular weight excluding hydrogens is 358 g/mol. The van der Waals surface area contributed by atoms with Gasteiger partial charge in [-0.3, -0.25) is 0 Å². The second-order valence-electron chi connectivity index (χ2n) is 4.66. The summed E-state index contributed by atoms with van der Waals surface area (Å²) >= 11 is 4.72. The van der Waals surface area contributed by atoms with Crippen LogP contribution in [-0.4, -0.2) is 49.3 Å². The monoisotopic (exact) mass is 373 g/mol. The summed E-state index contributed by atoms with van der Waals surface area (Å²) in [7, 11) is 0.219. The lowest BCUT2D eigenvalue weighted by molar-refractivity contribution is 0.476. The molecule has 8 nitrogen and oxygen atoms in total. The molecule has 0 saturated carbocycles. The van der Waals surface area contributed by atoms with E-state index in [0.29, 0.717) is 0 Å². The molecule has 0 bridgehead atoms. The molecule has 11 heteroatoms.